The van der Waals surface area contributed by atoms with E-state index in [0.717, 1.165) is 74.1 Å². The number of ether oxygens (including phenoxy) is 1. The number of piperidine rings is 1. The second kappa shape index (κ2) is 7.35. The molecule has 1 unspecified atom stereocenters. The Kier molecular flexibility index (Phi) is 4.58. The van der Waals surface area contributed by atoms with E-state index in [1.165, 1.54) is 19.3 Å². The van der Waals surface area contributed by atoms with Gasteiger partial charge in [0.05, 0.1) is 12.5 Å². The first-order valence-corrected chi connectivity index (χ1v) is 11.9. The van der Waals surface area contributed by atoms with E-state index in [1.807, 2.05) is 24.3 Å². The fraction of sp³-hybridized carbons (Fsp3) is 0.640. The van der Waals surface area contributed by atoms with E-state index >= 15 is 0 Å². The number of aromatic nitrogens is 2. The largest absolute Gasteiger partial charge is 0.497 e. The van der Waals surface area contributed by atoms with E-state index < -0.39 is 0 Å². The molecule has 4 saturated carbocycles. The molecule has 1 aromatic carbocycles. The molecule has 164 valence electrons. The summed E-state index contributed by atoms with van der Waals surface area (Å²) >= 11 is 0. The summed E-state index contributed by atoms with van der Waals surface area (Å²) in [6.45, 7) is 0.808. The zero-order valence-electron chi connectivity index (χ0n) is 18.3. The van der Waals surface area contributed by atoms with Crippen LogP contribution in [-0.2, 0) is 4.79 Å². The molecular formula is C25H31N3O3. The minimum Gasteiger partial charge on any atom is -0.497 e. The highest BCUT2D eigenvalue weighted by Crippen LogP contribution is 2.61. The molecule has 2 aromatic rings. The van der Waals surface area contributed by atoms with Crippen LogP contribution in [0.4, 0.5) is 0 Å². The van der Waals surface area contributed by atoms with Crippen LogP contribution >= 0.6 is 0 Å². The Morgan fingerprint density at radius 2 is 1.87 bits per heavy atom. The number of amides is 1. The van der Waals surface area contributed by atoms with E-state index in [-0.39, 0.29) is 11.5 Å². The van der Waals surface area contributed by atoms with E-state index in [4.69, 9.17) is 14.2 Å². The van der Waals surface area contributed by atoms with E-state index in [0.29, 0.717) is 17.6 Å². The van der Waals surface area contributed by atoms with Crippen molar-refractivity contribution in [3.8, 4) is 17.1 Å². The Hall–Kier alpha value is -2.37. The topological polar surface area (TPSA) is 68.5 Å². The molecule has 6 nitrogen and oxygen atoms in total. The van der Waals surface area contributed by atoms with Gasteiger partial charge in [0.2, 0.25) is 17.6 Å². The molecule has 6 heteroatoms. The Morgan fingerprint density at radius 3 is 2.58 bits per heavy atom. The normalized spacial score (nSPS) is 34.2. The van der Waals surface area contributed by atoms with Gasteiger partial charge in [-0.25, -0.2) is 0 Å². The fourth-order valence-corrected chi connectivity index (χ4v) is 7.36. The molecule has 1 aliphatic heterocycles. The number of methoxy groups -OCH3 is 1. The summed E-state index contributed by atoms with van der Waals surface area (Å²) in [4.78, 5) is 20.9. The molecular weight excluding hydrogens is 390 g/mol. The molecule has 0 radical (unpaired) electrons. The van der Waals surface area contributed by atoms with Gasteiger partial charge in [0, 0.05) is 12.1 Å². The SMILES string of the molecule is COc1cccc(-c2noc(C3CCCCN3C(=O)C34CC5CC(CC(C5)C3)C4)n2)c1. The average molecular weight is 422 g/mol. The highest BCUT2D eigenvalue weighted by atomic mass is 16.5. The van der Waals surface area contributed by atoms with Crippen LogP contribution in [0.2, 0.25) is 0 Å². The molecule has 2 heterocycles. The highest BCUT2D eigenvalue weighted by molar-refractivity contribution is 5.83. The third-order valence-corrected chi connectivity index (χ3v) is 8.31. The fourth-order valence-electron chi connectivity index (χ4n) is 7.36. The van der Waals surface area contributed by atoms with Gasteiger partial charge in [-0.3, -0.25) is 4.79 Å². The van der Waals surface area contributed by atoms with Gasteiger partial charge >= 0.3 is 0 Å². The van der Waals surface area contributed by atoms with Gasteiger partial charge in [-0.1, -0.05) is 17.3 Å². The summed E-state index contributed by atoms with van der Waals surface area (Å²) in [5.74, 6) is 4.57. The maximum absolute atomic E-state index is 14.0. The van der Waals surface area contributed by atoms with E-state index in [9.17, 15) is 4.79 Å². The van der Waals surface area contributed by atoms with Crippen molar-refractivity contribution in [2.45, 2.75) is 63.8 Å². The minimum absolute atomic E-state index is 0.0962. The van der Waals surface area contributed by atoms with Gasteiger partial charge < -0.3 is 14.2 Å². The zero-order valence-corrected chi connectivity index (χ0v) is 18.3. The summed E-state index contributed by atoms with van der Waals surface area (Å²) in [7, 11) is 1.65. The monoisotopic (exact) mass is 421 g/mol. The molecule has 7 rings (SSSR count). The molecule has 1 amide bonds. The molecule has 1 atom stereocenters. The number of nitrogens with zero attached hydrogens (tertiary/aromatic N) is 3. The maximum atomic E-state index is 14.0. The zero-order chi connectivity index (χ0) is 21.0. The van der Waals surface area contributed by atoms with Crippen LogP contribution in [-0.4, -0.2) is 34.6 Å². The van der Waals surface area contributed by atoms with Gasteiger partial charge in [-0.05, 0) is 87.7 Å². The number of hydrogen-bond acceptors (Lipinski definition) is 5. The predicted octanol–water partition coefficient (Wildman–Crippen LogP) is 5.02. The molecule has 0 N–H and O–H groups in total. The molecule has 0 spiro atoms. The van der Waals surface area contributed by atoms with Crippen LogP contribution in [0.3, 0.4) is 0 Å². The van der Waals surface area contributed by atoms with Gasteiger partial charge in [0.25, 0.3) is 0 Å². The van der Waals surface area contributed by atoms with Crippen LogP contribution in [0.1, 0.15) is 69.7 Å². The quantitative estimate of drug-likeness (QED) is 0.694. The van der Waals surface area contributed by atoms with Gasteiger partial charge in [-0.15, -0.1) is 0 Å². The Balaban J connectivity index is 1.28. The number of carbonyl (C=O) groups is 1. The second-order valence-electron chi connectivity index (χ2n) is 10.4. The van der Waals surface area contributed by atoms with Crippen molar-refractivity contribution < 1.29 is 14.1 Å². The third-order valence-electron chi connectivity index (χ3n) is 8.31. The van der Waals surface area contributed by atoms with Crippen molar-refractivity contribution in [3.63, 3.8) is 0 Å². The Bertz CT molecular complexity index is 949. The number of likely N-dealkylation sites (tertiary alicyclic amines) is 1. The van der Waals surface area contributed by atoms with Gasteiger partial charge in [0.1, 0.15) is 11.8 Å². The maximum Gasteiger partial charge on any atom is 0.249 e. The standard InChI is InChI=1S/C25H31N3O3/c1-30-20-6-4-5-19(12-20)22-26-23(31-27-22)21-7-2-3-8-28(21)24(29)25-13-16-9-17(14-25)11-18(10-16)15-25/h4-6,12,16-18,21H,2-3,7-11,13-15H2,1H3. The molecule has 5 aliphatic rings. The predicted molar refractivity (Wildman–Crippen MR) is 115 cm³/mol. The van der Waals surface area contributed by atoms with Crippen molar-refractivity contribution in [1.82, 2.24) is 15.0 Å². The first kappa shape index (κ1) is 19.3. The van der Waals surface area contributed by atoms with Crippen LogP contribution in [0.25, 0.3) is 11.4 Å². The average Bonchev–Trinajstić information content (AvgIpc) is 3.28. The molecule has 4 aliphatic carbocycles. The highest BCUT2D eigenvalue weighted by Gasteiger charge is 2.56. The van der Waals surface area contributed by atoms with Gasteiger partial charge in [0.15, 0.2) is 0 Å². The molecule has 4 bridgehead atoms. The number of benzene rings is 1. The number of carbonyl (C=O) groups excluding carboxylic acids is 1. The summed E-state index contributed by atoms with van der Waals surface area (Å²) in [6.07, 6.45) is 10.4. The van der Waals surface area contributed by atoms with Crippen molar-refractivity contribution in [1.29, 1.82) is 0 Å². The van der Waals surface area contributed by atoms with Gasteiger partial charge in [-0.2, -0.15) is 4.98 Å². The first-order chi connectivity index (χ1) is 15.1. The lowest BCUT2D eigenvalue weighted by Gasteiger charge is -2.57. The van der Waals surface area contributed by atoms with Crippen molar-refractivity contribution in [3.05, 3.63) is 30.2 Å². The number of hydrogen-bond donors (Lipinski definition) is 0. The minimum atomic E-state index is -0.125. The molecule has 1 saturated heterocycles. The van der Waals surface area contributed by atoms with E-state index in [1.54, 1.807) is 7.11 Å². The van der Waals surface area contributed by atoms with Crippen molar-refractivity contribution >= 4 is 5.91 Å². The lowest BCUT2D eigenvalue weighted by atomic mass is 9.49. The molecule has 5 fully saturated rings. The summed E-state index contributed by atoms with van der Waals surface area (Å²) in [5.41, 5.74) is 0.740. The van der Waals surface area contributed by atoms with Crippen LogP contribution < -0.4 is 4.74 Å². The molecule has 1 aromatic heterocycles. The van der Waals surface area contributed by atoms with Crippen LogP contribution in [0.15, 0.2) is 28.8 Å². The molecule has 31 heavy (non-hydrogen) atoms. The lowest BCUT2D eigenvalue weighted by Crippen LogP contribution is -2.55. The van der Waals surface area contributed by atoms with Crippen molar-refractivity contribution in [2.24, 2.45) is 23.2 Å². The summed E-state index contributed by atoms with van der Waals surface area (Å²) in [5, 5.41) is 4.24. The smallest absolute Gasteiger partial charge is 0.249 e. The third kappa shape index (κ3) is 3.26. The number of rotatable bonds is 4. The second-order valence-corrected chi connectivity index (χ2v) is 10.4. The summed E-state index contributed by atoms with van der Waals surface area (Å²) < 4.78 is 11.1. The Morgan fingerprint density at radius 1 is 1.13 bits per heavy atom. The van der Waals surface area contributed by atoms with Crippen LogP contribution in [0.5, 0.6) is 5.75 Å². The lowest BCUT2D eigenvalue weighted by molar-refractivity contribution is -0.162. The van der Waals surface area contributed by atoms with E-state index in [2.05, 4.69) is 10.1 Å². The Labute approximate surface area is 183 Å². The van der Waals surface area contributed by atoms with Crippen LogP contribution in [0, 0.1) is 23.2 Å². The van der Waals surface area contributed by atoms with Crippen molar-refractivity contribution in [2.75, 3.05) is 13.7 Å². The first-order valence-electron chi connectivity index (χ1n) is 11.9. The summed E-state index contributed by atoms with van der Waals surface area (Å²) in [6, 6.07) is 7.59.